The number of tetrazole rings is 1. The zero-order valence-electron chi connectivity index (χ0n) is 13.9. The molecule has 3 aromatic rings. The van der Waals surface area contributed by atoms with E-state index in [1.54, 1.807) is 11.3 Å². The van der Waals surface area contributed by atoms with Gasteiger partial charge in [-0.15, -0.1) is 26.2 Å². The molecule has 0 amide bonds. The van der Waals surface area contributed by atoms with E-state index in [-0.39, 0.29) is 11.5 Å². The van der Waals surface area contributed by atoms with E-state index >= 15 is 0 Å². The zero-order valence-corrected chi connectivity index (χ0v) is 14.7. The first-order valence-corrected chi connectivity index (χ1v) is 8.76. The smallest absolute Gasteiger partial charge is 0.200 e. The Morgan fingerprint density at radius 2 is 2.17 bits per heavy atom. The van der Waals surface area contributed by atoms with E-state index in [9.17, 15) is 0 Å². The molecule has 1 fully saturated rings. The molecule has 1 aliphatic heterocycles. The van der Waals surface area contributed by atoms with Gasteiger partial charge in [0.05, 0.1) is 18.8 Å². The first-order chi connectivity index (χ1) is 11.5. The normalized spacial score (nSPS) is 19.1. The fourth-order valence-corrected chi connectivity index (χ4v) is 3.68. The molecule has 0 spiro atoms. The van der Waals surface area contributed by atoms with Crippen LogP contribution in [0.4, 0.5) is 5.82 Å². The van der Waals surface area contributed by atoms with Gasteiger partial charge in [0.25, 0.3) is 0 Å². The molecule has 4 heterocycles. The van der Waals surface area contributed by atoms with Gasteiger partial charge in [0.2, 0.25) is 0 Å². The summed E-state index contributed by atoms with van der Waals surface area (Å²) in [5.74, 6) is 0.843. The number of ether oxygens (including phenoxy) is 1. The Bertz CT molecular complexity index is 853. The van der Waals surface area contributed by atoms with Crippen molar-refractivity contribution in [1.29, 1.82) is 0 Å². The van der Waals surface area contributed by atoms with Crippen LogP contribution in [0.5, 0.6) is 0 Å². The average Bonchev–Trinajstić information content (AvgIpc) is 3.23. The van der Waals surface area contributed by atoms with Crippen molar-refractivity contribution in [2.45, 2.75) is 32.3 Å². The van der Waals surface area contributed by atoms with Gasteiger partial charge >= 0.3 is 0 Å². The summed E-state index contributed by atoms with van der Waals surface area (Å²) < 4.78 is 7.39. The number of thiazole rings is 1. The highest BCUT2D eigenvalue weighted by Crippen LogP contribution is 2.31. The van der Waals surface area contributed by atoms with Crippen molar-refractivity contribution < 1.29 is 4.74 Å². The number of fused-ring (bicyclic) bond motifs is 1. The minimum Gasteiger partial charge on any atom is -0.367 e. The van der Waals surface area contributed by atoms with Gasteiger partial charge in [-0.3, -0.25) is 0 Å². The molecule has 0 aliphatic carbocycles. The molecule has 24 heavy (non-hydrogen) atoms. The summed E-state index contributed by atoms with van der Waals surface area (Å²) in [6.07, 6.45) is -0.0359. The molecule has 8 nitrogen and oxygen atoms in total. The van der Waals surface area contributed by atoms with Crippen LogP contribution in [0.3, 0.4) is 0 Å². The third kappa shape index (κ3) is 2.84. The Hall–Kier alpha value is -2.13. The van der Waals surface area contributed by atoms with Crippen molar-refractivity contribution in [3.8, 4) is 0 Å². The molecule has 4 rings (SSSR count). The van der Waals surface area contributed by atoms with Crippen LogP contribution in [0, 0.1) is 0 Å². The summed E-state index contributed by atoms with van der Waals surface area (Å²) in [7, 11) is 0. The minimum absolute atomic E-state index is 0.0359. The third-order valence-corrected chi connectivity index (χ3v) is 4.95. The van der Waals surface area contributed by atoms with Crippen LogP contribution in [0.15, 0.2) is 17.5 Å². The Morgan fingerprint density at radius 3 is 2.96 bits per heavy atom. The second-order valence-corrected chi connectivity index (χ2v) is 7.73. The molecular weight excluding hydrogens is 326 g/mol. The largest absolute Gasteiger partial charge is 0.367 e. The van der Waals surface area contributed by atoms with E-state index in [1.165, 1.54) is 4.63 Å². The second kappa shape index (κ2) is 5.75. The van der Waals surface area contributed by atoms with Gasteiger partial charge in [0, 0.05) is 17.3 Å². The Morgan fingerprint density at radius 1 is 1.29 bits per heavy atom. The molecule has 3 aromatic heterocycles. The topological polar surface area (TPSA) is 81.3 Å². The highest BCUT2D eigenvalue weighted by Gasteiger charge is 2.27. The van der Waals surface area contributed by atoms with Gasteiger partial charge < -0.3 is 9.64 Å². The molecule has 0 aromatic carbocycles. The van der Waals surface area contributed by atoms with E-state index in [0.29, 0.717) is 12.3 Å². The zero-order chi connectivity index (χ0) is 16.7. The molecular formula is C15H19N7OS. The maximum atomic E-state index is 5.95. The number of morpholine rings is 1. The lowest BCUT2D eigenvalue weighted by Gasteiger charge is -2.32. The van der Waals surface area contributed by atoms with Crippen molar-refractivity contribution in [1.82, 2.24) is 30.2 Å². The first kappa shape index (κ1) is 15.4. The molecule has 0 saturated carbocycles. The van der Waals surface area contributed by atoms with E-state index < -0.39 is 0 Å². The quantitative estimate of drug-likeness (QED) is 0.701. The van der Waals surface area contributed by atoms with E-state index in [1.807, 2.05) is 12.1 Å². The van der Waals surface area contributed by atoms with Crippen molar-refractivity contribution in [2.24, 2.45) is 0 Å². The molecule has 9 heteroatoms. The van der Waals surface area contributed by atoms with Gasteiger partial charge in [-0.25, -0.2) is 4.98 Å². The predicted octanol–water partition coefficient (Wildman–Crippen LogP) is 1.85. The summed E-state index contributed by atoms with van der Waals surface area (Å²) in [5.41, 5.74) is 1.80. The summed E-state index contributed by atoms with van der Waals surface area (Å²) in [6.45, 7) is 8.66. The van der Waals surface area contributed by atoms with Crippen LogP contribution >= 0.6 is 11.3 Å². The van der Waals surface area contributed by atoms with Crippen LogP contribution in [-0.4, -0.2) is 49.9 Å². The number of aromatic nitrogens is 6. The number of rotatable bonds is 2. The lowest BCUT2D eigenvalue weighted by Crippen LogP contribution is -2.39. The van der Waals surface area contributed by atoms with Gasteiger partial charge in [-0.05, 0) is 22.6 Å². The molecule has 1 atom stereocenters. The van der Waals surface area contributed by atoms with Crippen LogP contribution in [0.2, 0.25) is 0 Å². The van der Waals surface area contributed by atoms with Gasteiger partial charge in [-0.1, -0.05) is 20.8 Å². The Labute approximate surface area is 143 Å². The Kier molecular flexibility index (Phi) is 3.69. The number of hydrogen-bond acceptors (Lipinski definition) is 8. The van der Waals surface area contributed by atoms with Crippen LogP contribution in [0.1, 0.15) is 37.6 Å². The molecule has 1 unspecified atom stereocenters. The SMILES string of the molecule is CC(C)(C)c1csc(C2CN(c3ccc4nnnn4n3)CCO2)n1. The van der Waals surface area contributed by atoms with Crippen molar-refractivity contribution >= 4 is 22.8 Å². The number of nitrogens with zero attached hydrogens (tertiary/aromatic N) is 7. The number of hydrogen-bond donors (Lipinski definition) is 0. The average molecular weight is 345 g/mol. The van der Waals surface area contributed by atoms with Crippen molar-refractivity contribution in [3.05, 3.63) is 28.2 Å². The van der Waals surface area contributed by atoms with Crippen molar-refractivity contribution in [3.63, 3.8) is 0 Å². The number of anilines is 1. The Balaban J connectivity index is 1.56. The molecule has 1 aliphatic rings. The fourth-order valence-electron chi connectivity index (χ4n) is 2.60. The highest BCUT2D eigenvalue weighted by atomic mass is 32.1. The van der Waals surface area contributed by atoms with Crippen LogP contribution in [-0.2, 0) is 10.2 Å². The van der Waals surface area contributed by atoms with Gasteiger partial charge in [0.1, 0.15) is 11.1 Å². The van der Waals surface area contributed by atoms with Gasteiger partial charge in [0.15, 0.2) is 11.5 Å². The fraction of sp³-hybridized carbons (Fsp3) is 0.533. The van der Waals surface area contributed by atoms with E-state index in [4.69, 9.17) is 9.72 Å². The third-order valence-electron chi connectivity index (χ3n) is 4.01. The predicted molar refractivity (Wildman–Crippen MR) is 90.3 cm³/mol. The highest BCUT2D eigenvalue weighted by molar-refractivity contribution is 7.09. The molecule has 0 radical (unpaired) electrons. The molecule has 0 bridgehead atoms. The van der Waals surface area contributed by atoms with E-state index in [2.05, 4.69) is 51.7 Å². The van der Waals surface area contributed by atoms with E-state index in [0.717, 1.165) is 29.6 Å². The van der Waals surface area contributed by atoms with Crippen LogP contribution in [0.25, 0.3) is 5.65 Å². The summed E-state index contributed by atoms with van der Waals surface area (Å²) >= 11 is 1.66. The standard InChI is InChI=1S/C15H19N7OS/c1-15(2,3)11-9-24-14(16-11)10-8-21(6-7-23-10)13-5-4-12-17-19-20-22(12)18-13/h4-5,9-10H,6-8H2,1-3H3. The molecule has 126 valence electrons. The lowest BCUT2D eigenvalue weighted by molar-refractivity contribution is 0.0391. The second-order valence-electron chi connectivity index (χ2n) is 6.84. The van der Waals surface area contributed by atoms with Crippen molar-refractivity contribution in [2.75, 3.05) is 24.6 Å². The molecule has 1 saturated heterocycles. The minimum atomic E-state index is -0.0359. The van der Waals surface area contributed by atoms with Crippen LogP contribution < -0.4 is 4.90 Å². The lowest BCUT2D eigenvalue weighted by atomic mass is 9.93. The monoisotopic (exact) mass is 345 g/mol. The molecule has 0 N–H and O–H groups in total. The van der Waals surface area contributed by atoms with Gasteiger partial charge in [-0.2, -0.15) is 0 Å². The first-order valence-electron chi connectivity index (χ1n) is 7.88. The maximum absolute atomic E-state index is 5.95. The maximum Gasteiger partial charge on any atom is 0.200 e. The summed E-state index contributed by atoms with van der Waals surface area (Å²) in [5, 5.41) is 19.0. The summed E-state index contributed by atoms with van der Waals surface area (Å²) in [4.78, 5) is 6.97. The summed E-state index contributed by atoms with van der Waals surface area (Å²) in [6, 6.07) is 3.81.